The van der Waals surface area contributed by atoms with Gasteiger partial charge >= 0.3 is 0 Å². The van der Waals surface area contributed by atoms with Gasteiger partial charge < -0.3 is 5.32 Å². The maximum atomic E-state index is 12.4. The van der Waals surface area contributed by atoms with Crippen LogP contribution in [0.2, 0.25) is 0 Å². The largest absolute Gasteiger partial charge is 0.344 e. The molecule has 1 aliphatic carbocycles. The van der Waals surface area contributed by atoms with Crippen molar-refractivity contribution in [3.63, 3.8) is 0 Å². The first-order chi connectivity index (χ1) is 10.3. The summed E-state index contributed by atoms with van der Waals surface area (Å²) in [6, 6.07) is 1.65. The molecular weight excluding hydrogens is 270 g/mol. The zero-order valence-electron chi connectivity index (χ0n) is 11.1. The molecule has 106 valence electrons. The van der Waals surface area contributed by atoms with E-state index in [1.54, 1.807) is 6.07 Å². The van der Waals surface area contributed by atoms with E-state index in [1.807, 2.05) is 6.20 Å². The predicted molar refractivity (Wildman–Crippen MR) is 73.4 cm³/mol. The van der Waals surface area contributed by atoms with Gasteiger partial charge in [0.15, 0.2) is 0 Å². The molecule has 0 fully saturated rings. The number of carbonyl (C=O) groups excluding carboxylic acids is 1. The molecule has 4 rings (SSSR count). The number of nitrogens with one attached hydrogen (secondary N) is 3. The van der Waals surface area contributed by atoms with Crippen LogP contribution >= 0.6 is 0 Å². The number of amides is 1. The molecule has 3 aromatic rings. The van der Waals surface area contributed by atoms with Gasteiger partial charge in [0.05, 0.1) is 23.5 Å². The SMILES string of the molecule is O=C(NC1CCCc2cn[nH]c21)c1cnc2n[nH]nc2c1. The molecular formula is C13H13N7O. The van der Waals surface area contributed by atoms with E-state index in [-0.39, 0.29) is 11.9 Å². The maximum absolute atomic E-state index is 12.4. The topological polar surface area (TPSA) is 112 Å². The van der Waals surface area contributed by atoms with Crippen molar-refractivity contribution < 1.29 is 4.79 Å². The molecule has 8 nitrogen and oxygen atoms in total. The van der Waals surface area contributed by atoms with Crippen LogP contribution in [0.3, 0.4) is 0 Å². The molecule has 1 unspecified atom stereocenters. The van der Waals surface area contributed by atoms with Crippen molar-refractivity contribution in [3.05, 3.63) is 35.3 Å². The first-order valence-electron chi connectivity index (χ1n) is 6.81. The maximum Gasteiger partial charge on any atom is 0.253 e. The summed E-state index contributed by atoms with van der Waals surface area (Å²) >= 11 is 0. The van der Waals surface area contributed by atoms with Gasteiger partial charge in [-0.25, -0.2) is 4.98 Å². The standard InChI is InChI=1S/C13H13N7O/c21-13(8-4-10-12(14-5-8)19-20-17-10)16-9-3-1-2-7-6-15-18-11(7)9/h4-6,9H,1-3H2,(H,15,18)(H,16,21)(H,14,17,19,20). The van der Waals surface area contributed by atoms with E-state index >= 15 is 0 Å². The fourth-order valence-electron chi connectivity index (χ4n) is 2.71. The van der Waals surface area contributed by atoms with E-state index in [2.05, 4.69) is 35.9 Å². The van der Waals surface area contributed by atoms with E-state index in [0.717, 1.165) is 25.0 Å². The van der Waals surface area contributed by atoms with Gasteiger partial charge in [0, 0.05) is 6.20 Å². The highest BCUT2D eigenvalue weighted by Gasteiger charge is 2.24. The highest BCUT2D eigenvalue weighted by molar-refractivity contribution is 5.96. The number of hydrogen-bond donors (Lipinski definition) is 3. The molecule has 0 bridgehead atoms. The Balaban J connectivity index is 1.59. The summed E-state index contributed by atoms with van der Waals surface area (Å²) in [6.45, 7) is 0. The minimum atomic E-state index is -0.167. The summed E-state index contributed by atoms with van der Waals surface area (Å²) in [5.41, 5.74) is 3.73. The van der Waals surface area contributed by atoms with Gasteiger partial charge in [-0.2, -0.15) is 15.4 Å². The Morgan fingerprint density at radius 2 is 2.29 bits per heavy atom. The van der Waals surface area contributed by atoms with Crippen LogP contribution in [0.4, 0.5) is 0 Å². The molecule has 0 aliphatic heterocycles. The van der Waals surface area contributed by atoms with Crippen molar-refractivity contribution in [1.29, 1.82) is 0 Å². The second kappa shape index (κ2) is 4.65. The van der Waals surface area contributed by atoms with Crippen LogP contribution < -0.4 is 5.32 Å². The number of fused-ring (bicyclic) bond motifs is 2. The molecule has 0 spiro atoms. The molecule has 8 heteroatoms. The third kappa shape index (κ3) is 2.04. The van der Waals surface area contributed by atoms with Crippen LogP contribution in [0.15, 0.2) is 18.5 Å². The van der Waals surface area contributed by atoms with Gasteiger partial charge in [0.25, 0.3) is 5.91 Å². The lowest BCUT2D eigenvalue weighted by atomic mass is 9.93. The number of rotatable bonds is 2. The normalized spacial score (nSPS) is 17.6. The fourth-order valence-corrected chi connectivity index (χ4v) is 2.71. The predicted octanol–water partition coefficient (Wildman–Crippen LogP) is 0.883. The zero-order valence-corrected chi connectivity index (χ0v) is 11.1. The smallest absolute Gasteiger partial charge is 0.253 e. The third-order valence-corrected chi connectivity index (χ3v) is 3.78. The summed E-state index contributed by atoms with van der Waals surface area (Å²) in [5.74, 6) is -0.167. The molecule has 0 radical (unpaired) electrons. The quantitative estimate of drug-likeness (QED) is 0.646. The average Bonchev–Trinajstić information content (AvgIpc) is 3.15. The lowest BCUT2D eigenvalue weighted by molar-refractivity contribution is 0.0931. The molecule has 3 aromatic heterocycles. The number of aryl methyl sites for hydroxylation is 1. The fraction of sp³-hybridized carbons (Fsp3) is 0.308. The van der Waals surface area contributed by atoms with E-state index < -0.39 is 0 Å². The summed E-state index contributed by atoms with van der Waals surface area (Å²) in [6.07, 6.45) is 6.29. The molecule has 1 amide bonds. The van der Waals surface area contributed by atoms with Gasteiger partial charge in [-0.1, -0.05) is 0 Å². The highest BCUT2D eigenvalue weighted by atomic mass is 16.1. The Kier molecular flexibility index (Phi) is 2.66. The van der Waals surface area contributed by atoms with Gasteiger partial charge in [-0.15, -0.1) is 5.10 Å². The molecule has 0 saturated carbocycles. The van der Waals surface area contributed by atoms with Crippen molar-refractivity contribution in [1.82, 2.24) is 35.9 Å². The Morgan fingerprint density at radius 1 is 1.33 bits per heavy atom. The molecule has 21 heavy (non-hydrogen) atoms. The highest BCUT2D eigenvalue weighted by Crippen LogP contribution is 2.27. The summed E-state index contributed by atoms with van der Waals surface area (Å²) in [4.78, 5) is 16.5. The van der Waals surface area contributed by atoms with Crippen LogP contribution in [-0.2, 0) is 6.42 Å². The molecule has 0 saturated heterocycles. The van der Waals surface area contributed by atoms with Crippen molar-refractivity contribution in [3.8, 4) is 0 Å². The number of aromatic amines is 2. The van der Waals surface area contributed by atoms with Crippen molar-refractivity contribution in [2.75, 3.05) is 0 Å². The van der Waals surface area contributed by atoms with Crippen LogP contribution in [-0.4, -0.2) is 36.5 Å². The summed E-state index contributed by atoms with van der Waals surface area (Å²) < 4.78 is 0. The molecule has 3 heterocycles. The van der Waals surface area contributed by atoms with Crippen LogP contribution in [0.25, 0.3) is 11.2 Å². The van der Waals surface area contributed by atoms with Crippen LogP contribution in [0.5, 0.6) is 0 Å². The lowest BCUT2D eigenvalue weighted by Gasteiger charge is -2.22. The van der Waals surface area contributed by atoms with Gasteiger partial charge in [-0.05, 0) is 30.9 Å². The van der Waals surface area contributed by atoms with Gasteiger partial charge in [0.1, 0.15) is 5.52 Å². The van der Waals surface area contributed by atoms with Crippen molar-refractivity contribution in [2.24, 2.45) is 0 Å². The lowest BCUT2D eigenvalue weighted by Crippen LogP contribution is -2.31. The van der Waals surface area contributed by atoms with E-state index in [0.29, 0.717) is 16.7 Å². The first kappa shape index (κ1) is 12.0. The molecule has 1 aliphatic rings. The van der Waals surface area contributed by atoms with Crippen molar-refractivity contribution >= 4 is 17.1 Å². The first-order valence-corrected chi connectivity index (χ1v) is 6.81. The third-order valence-electron chi connectivity index (χ3n) is 3.78. The minimum absolute atomic E-state index is 0.0308. The summed E-state index contributed by atoms with van der Waals surface area (Å²) in [7, 11) is 0. The van der Waals surface area contributed by atoms with Gasteiger partial charge in [-0.3, -0.25) is 9.89 Å². The van der Waals surface area contributed by atoms with E-state index in [9.17, 15) is 4.79 Å². The van der Waals surface area contributed by atoms with E-state index in [4.69, 9.17) is 0 Å². The number of H-pyrrole nitrogens is 2. The Labute approximate surface area is 119 Å². The van der Waals surface area contributed by atoms with Gasteiger partial charge in [0.2, 0.25) is 5.65 Å². The number of carbonyl (C=O) groups is 1. The average molecular weight is 283 g/mol. The van der Waals surface area contributed by atoms with Crippen LogP contribution in [0.1, 0.15) is 40.5 Å². The number of aromatic nitrogens is 6. The number of nitrogens with zero attached hydrogens (tertiary/aromatic N) is 4. The van der Waals surface area contributed by atoms with Crippen molar-refractivity contribution in [2.45, 2.75) is 25.3 Å². The molecule has 3 N–H and O–H groups in total. The monoisotopic (exact) mass is 283 g/mol. The van der Waals surface area contributed by atoms with Crippen LogP contribution in [0, 0.1) is 0 Å². The Morgan fingerprint density at radius 3 is 3.24 bits per heavy atom. The second-order valence-corrected chi connectivity index (χ2v) is 5.12. The Hall–Kier alpha value is -2.77. The second-order valence-electron chi connectivity index (χ2n) is 5.12. The summed E-state index contributed by atoms with van der Waals surface area (Å²) in [5, 5.41) is 20.4. The molecule has 1 atom stereocenters. The zero-order chi connectivity index (χ0) is 14.2. The van der Waals surface area contributed by atoms with E-state index in [1.165, 1.54) is 11.8 Å². The number of hydrogen-bond acceptors (Lipinski definition) is 5. The minimum Gasteiger partial charge on any atom is -0.344 e. The number of pyridine rings is 1. The Bertz CT molecular complexity index is 806. The molecule has 0 aromatic carbocycles.